The van der Waals surface area contributed by atoms with Crippen molar-refractivity contribution in [2.24, 2.45) is 5.10 Å². The van der Waals surface area contributed by atoms with Gasteiger partial charge in [-0.2, -0.15) is 14.9 Å². The topological polar surface area (TPSA) is 82.9 Å². The molecule has 1 N–H and O–H groups in total. The van der Waals surface area contributed by atoms with Gasteiger partial charge in [-0.1, -0.05) is 42.5 Å². The van der Waals surface area contributed by atoms with E-state index in [-0.39, 0.29) is 0 Å². The molecule has 0 spiro atoms. The van der Waals surface area contributed by atoms with Crippen molar-refractivity contribution in [2.45, 2.75) is 6.61 Å². The van der Waals surface area contributed by atoms with Crippen molar-refractivity contribution in [3.05, 3.63) is 82.6 Å². The maximum absolute atomic E-state index is 5.91. The molecule has 8 nitrogen and oxygen atoms in total. The predicted octanol–water partition coefficient (Wildman–Crippen LogP) is 5.09. The van der Waals surface area contributed by atoms with Crippen LogP contribution in [0, 0.1) is 4.77 Å². The minimum Gasteiger partial charge on any atom is -0.493 e. The van der Waals surface area contributed by atoms with Crippen molar-refractivity contribution in [3.8, 4) is 34.4 Å². The minimum absolute atomic E-state index is 0.344. The van der Waals surface area contributed by atoms with Gasteiger partial charge in [0.1, 0.15) is 12.4 Å². The summed E-state index contributed by atoms with van der Waals surface area (Å²) < 4.78 is 24.1. The Hall–Kier alpha value is -4.11. The molecule has 0 unspecified atom stereocenters. The highest BCUT2D eigenvalue weighted by Crippen LogP contribution is 2.40. The third-order valence-electron chi connectivity index (χ3n) is 5.00. The Labute approximate surface area is 202 Å². The summed E-state index contributed by atoms with van der Waals surface area (Å²) in [5, 5.41) is 11.7. The van der Waals surface area contributed by atoms with Crippen LogP contribution in [0.2, 0.25) is 0 Å². The average molecular weight is 477 g/mol. The largest absolute Gasteiger partial charge is 0.493 e. The second kappa shape index (κ2) is 10.7. The zero-order chi connectivity index (χ0) is 23.9. The van der Waals surface area contributed by atoms with E-state index in [1.54, 1.807) is 39.7 Å². The number of ether oxygens (including phenoxy) is 4. The van der Waals surface area contributed by atoms with Gasteiger partial charge in [0.25, 0.3) is 0 Å². The Morgan fingerprint density at radius 1 is 0.941 bits per heavy atom. The molecule has 0 saturated heterocycles. The lowest BCUT2D eigenvalue weighted by atomic mass is 10.1. The van der Waals surface area contributed by atoms with E-state index >= 15 is 0 Å². The van der Waals surface area contributed by atoms with Crippen molar-refractivity contribution >= 4 is 18.4 Å². The van der Waals surface area contributed by atoms with E-state index in [9.17, 15) is 0 Å². The molecule has 0 saturated carbocycles. The lowest BCUT2D eigenvalue weighted by Crippen LogP contribution is -1.99. The van der Waals surface area contributed by atoms with Crippen molar-refractivity contribution in [3.63, 3.8) is 0 Å². The lowest BCUT2D eigenvalue weighted by molar-refractivity contribution is 0.306. The van der Waals surface area contributed by atoms with Gasteiger partial charge in [-0.3, -0.25) is 0 Å². The van der Waals surface area contributed by atoms with E-state index in [0.717, 1.165) is 16.9 Å². The smallest absolute Gasteiger partial charge is 0.216 e. The molecule has 0 atom stereocenters. The van der Waals surface area contributed by atoms with Gasteiger partial charge in [-0.05, 0) is 47.6 Å². The number of hydrogen-bond acceptors (Lipinski definition) is 7. The highest BCUT2D eigenvalue weighted by atomic mass is 32.1. The molecule has 4 aromatic rings. The first-order valence-corrected chi connectivity index (χ1v) is 10.8. The number of hydrogen-bond donors (Lipinski definition) is 1. The Morgan fingerprint density at radius 2 is 1.68 bits per heavy atom. The van der Waals surface area contributed by atoms with Crippen LogP contribution in [0.15, 0.2) is 71.8 Å². The molecule has 1 aromatic heterocycles. The Kier molecular flexibility index (Phi) is 7.24. The zero-order valence-electron chi connectivity index (χ0n) is 19.0. The molecule has 0 radical (unpaired) electrons. The quantitative estimate of drug-likeness (QED) is 0.268. The van der Waals surface area contributed by atoms with Gasteiger partial charge in [0.15, 0.2) is 17.3 Å². The van der Waals surface area contributed by atoms with Crippen molar-refractivity contribution < 1.29 is 18.9 Å². The molecule has 4 rings (SSSR count). The van der Waals surface area contributed by atoms with Gasteiger partial charge >= 0.3 is 0 Å². The Bertz CT molecular complexity index is 1320. The van der Waals surface area contributed by atoms with Gasteiger partial charge in [-0.25, -0.2) is 5.10 Å². The Balaban J connectivity index is 1.60. The number of rotatable bonds is 9. The zero-order valence-corrected chi connectivity index (χ0v) is 19.8. The van der Waals surface area contributed by atoms with Crippen LogP contribution in [-0.2, 0) is 6.61 Å². The number of nitrogens with zero attached hydrogens (tertiary/aromatic N) is 3. The summed E-state index contributed by atoms with van der Waals surface area (Å²) in [6.07, 6.45) is 1.70. The van der Waals surface area contributed by atoms with Crippen LogP contribution >= 0.6 is 12.2 Å². The molecule has 9 heteroatoms. The number of methoxy groups -OCH3 is 3. The number of benzene rings is 3. The third-order valence-corrected chi connectivity index (χ3v) is 5.27. The molecule has 0 amide bonds. The molecule has 174 valence electrons. The van der Waals surface area contributed by atoms with Crippen LogP contribution in [0.5, 0.6) is 23.0 Å². The van der Waals surface area contributed by atoms with E-state index in [4.69, 9.17) is 31.2 Å². The van der Waals surface area contributed by atoms with Gasteiger partial charge < -0.3 is 18.9 Å². The second-order valence-corrected chi connectivity index (χ2v) is 7.56. The molecule has 0 bridgehead atoms. The molecular weight excluding hydrogens is 452 g/mol. The molecule has 0 fully saturated rings. The molecular formula is C25H24N4O4S. The summed E-state index contributed by atoms with van der Waals surface area (Å²) in [6, 6.07) is 21.2. The van der Waals surface area contributed by atoms with Crippen molar-refractivity contribution in [1.29, 1.82) is 0 Å². The SMILES string of the molecule is COc1cc(-c2n[nH]c(=S)n2/N=C\c2cccc(OCc3ccccc3)c2)cc(OC)c1OC. The van der Waals surface area contributed by atoms with E-state index in [2.05, 4.69) is 15.3 Å². The predicted molar refractivity (Wildman–Crippen MR) is 133 cm³/mol. The maximum Gasteiger partial charge on any atom is 0.216 e. The molecule has 34 heavy (non-hydrogen) atoms. The summed E-state index contributed by atoms with van der Waals surface area (Å²) in [5.74, 6) is 2.74. The van der Waals surface area contributed by atoms with Gasteiger partial charge in [0, 0.05) is 5.56 Å². The summed E-state index contributed by atoms with van der Waals surface area (Å²) >= 11 is 5.40. The number of aromatic nitrogens is 3. The standard InChI is InChI=1S/C25H24N4O4S/c1-30-21-13-19(14-22(31-2)23(21)32-3)24-27-28-25(34)29(24)26-15-18-10-7-11-20(12-18)33-16-17-8-5-4-6-9-17/h4-15H,16H2,1-3H3,(H,28,34)/b26-15-. The normalized spacial score (nSPS) is 10.9. The highest BCUT2D eigenvalue weighted by molar-refractivity contribution is 7.71. The molecule has 1 heterocycles. The van der Waals surface area contributed by atoms with Gasteiger partial charge in [0.2, 0.25) is 10.5 Å². The number of H-pyrrole nitrogens is 1. The van der Waals surface area contributed by atoms with E-state index in [1.807, 2.05) is 54.6 Å². The summed E-state index contributed by atoms with van der Waals surface area (Å²) in [5.41, 5.74) is 2.64. The first-order valence-electron chi connectivity index (χ1n) is 10.4. The van der Waals surface area contributed by atoms with Crippen LogP contribution in [0.4, 0.5) is 0 Å². The lowest BCUT2D eigenvalue weighted by Gasteiger charge is -2.13. The van der Waals surface area contributed by atoms with E-state index in [0.29, 0.717) is 40.0 Å². The monoisotopic (exact) mass is 476 g/mol. The fourth-order valence-electron chi connectivity index (χ4n) is 3.35. The van der Waals surface area contributed by atoms with Crippen molar-refractivity contribution in [1.82, 2.24) is 14.9 Å². The maximum atomic E-state index is 5.91. The summed E-state index contributed by atoms with van der Waals surface area (Å²) in [6.45, 7) is 0.486. The van der Waals surface area contributed by atoms with Gasteiger partial charge in [-0.15, -0.1) is 0 Å². The molecule has 0 aliphatic rings. The van der Waals surface area contributed by atoms with Crippen LogP contribution in [0.3, 0.4) is 0 Å². The summed E-state index contributed by atoms with van der Waals surface area (Å²) in [4.78, 5) is 0. The minimum atomic E-state index is 0.344. The molecule has 3 aromatic carbocycles. The third kappa shape index (κ3) is 5.10. The van der Waals surface area contributed by atoms with Crippen LogP contribution < -0.4 is 18.9 Å². The molecule has 0 aliphatic heterocycles. The number of aromatic amines is 1. The first kappa shape index (κ1) is 23.1. The van der Waals surface area contributed by atoms with E-state index < -0.39 is 0 Å². The van der Waals surface area contributed by atoms with Crippen molar-refractivity contribution in [2.75, 3.05) is 21.3 Å². The van der Waals surface area contributed by atoms with Crippen LogP contribution in [0.25, 0.3) is 11.4 Å². The highest BCUT2D eigenvalue weighted by Gasteiger charge is 2.17. The van der Waals surface area contributed by atoms with E-state index in [1.165, 1.54) is 4.68 Å². The molecule has 0 aliphatic carbocycles. The van der Waals surface area contributed by atoms with Crippen LogP contribution in [0.1, 0.15) is 11.1 Å². The average Bonchev–Trinajstić information content (AvgIpc) is 3.26. The first-order chi connectivity index (χ1) is 16.6. The fourth-order valence-corrected chi connectivity index (χ4v) is 3.53. The van der Waals surface area contributed by atoms with Crippen LogP contribution in [-0.4, -0.2) is 42.4 Å². The Morgan fingerprint density at radius 3 is 2.35 bits per heavy atom. The van der Waals surface area contributed by atoms with Gasteiger partial charge in [0.05, 0.1) is 27.5 Å². The second-order valence-electron chi connectivity index (χ2n) is 7.17. The summed E-state index contributed by atoms with van der Waals surface area (Å²) in [7, 11) is 4.67. The number of nitrogens with one attached hydrogen (secondary N) is 1. The fraction of sp³-hybridized carbons (Fsp3) is 0.160.